The van der Waals surface area contributed by atoms with Crippen LogP contribution < -0.4 is 5.73 Å². The quantitative estimate of drug-likeness (QED) is 0.189. The SMILES string of the molecule is CCCC(C(=O)N(CCO)CCO)C(N)=NO. The van der Waals surface area contributed by atoms with Gasteiger partial charge in [-0.1, -0.05) is 18.5 Å². The maximum atomic E-state index is 12.0. The molecular formula is C10H21N3O4. The molecule has 0 fully saturated rings. The average Bonchev–Trinajstić information content (AvgIpc) is 2.34. The molecule has 100 valence electrons. The van der Waals surface area contributed by atoms with E-state index in [1.807, 2.05) is 6.92 Å². The standard InChI is InChI=1S/C10H21N3O4/c1-2-3-8(9(11)12-17)10(16)13(4-6-14)5-7-15/h8,14-15,17H,2-7H2,1H3,(H2,11,12). The lowest BCUT2D eigenvalue weighted by Crippen LogP contribution is -2.44. The Morgan fingerprint density at radius 1 is 1.35 bits per heavy atom. The minimum atomic E-state index is -0.705. The van der Waals surface area contributed by atoms with E-state index in [1.54, 1.807) is 0 Å². The highest BCUT2D eigenvalue weighted by atomic mass is 16.4. The molecule has 0 aliphatic heterocycles. The van der Waals surface area contributed by atoms with Crippen molar-refractivity contribution in [1.82, 2.24) is 4.90 Å². The summed E-state index contributed by atoms with van der Waals surface area (Å²) in [6, 6.07) is 0. The number of hydrogen-bond donors (Lipinski definition) is 4. The average molecular weight is 247 g/mol. The highest BCUT2D eigenvalue weighted by molar-refractivity contribution is 6.02. The van der Waals surface area contributed by atoms with Crippen molar-refractivity contribution >= 4 is 11.7 Å². The van der Waals surface area contributed by atoms with E-state index in [1.165, 1.54) is 4.90 Å². The van der Waals surface area contributed by atoms with Crippen LogP contribution >= 0.6 is 0 Å². The van der Waals surface area contributed by atoms with Crippen LogP contribution in [0.2, 0.25) is 0 Å². The second-order valence-corrected chi connectivity index (χ2v) is 3.64. The minimum absolute atomic E-state index is 0.123. The van der Waals surface area contributed by atoms with Gasteiger partial charge in [0.05, 0.1) is 19.1 Å². The molecule has 17 heavy (non-hydrogen) atoms. The maximum absolute atomic E-state index is 12.0. The number of amides is 1. The molecule has 0 aromatic carbocycles. The number of carbonyl (C=O) groups is 1. The second kappa shape index (κ2) is 8.77. The predicted octanol–water partition coefficient (Wildman–Crippen LogP) is -1.04. The number of rotatable bonds is 8. The molecule has 1 atom stereocenters. The van der Waals surface area contributed by atoms with Gasteiger partial charge in [-0.25, -0.2) is 0 Å². The number of hydrogen-bond acceptors (Lipinski definition) is 5. The molecule has 0 heterocycles. The van der Waals surface area contributed by atoms with Gasteiger partial charge in [-0.2, -0.15) is 0 Å². The molecule has 0 aromatic rings. The van der Waals surface area contributed by atoms with Crippen LogP contribution in [0, 0.1) is 5.92 Å². The third-order valence-corrected chi connectivity index (χ3v) is 2.40. The molecule has 1 amide bonds. The number of aliphatic hydroxyl groups excluding tert-OH is 2. The summed E-state index contributed by atoms with van der Waals surface area (Å²) in [7, 11) is 0. The third kappa shape index (κ3) is 5.01. The van der Waals surface area contributed by atoms with E-state index in [0.29, 0.717) is 12.8 Å². The fourth-order valence-corrected chi connectivity index (χ4v) is 1.55. The molecule has 0 saturated carbocycles. The summed E-state index contributed by atoms with van der Waals surface area (Å²) in [5.74, 6) is -1.19. The van der Waals surface area contributed by atoms with Crippen molar-refractivity contribution in [2.45, 2.75) is 19.8 Å². The number of aliphatic hydroxyl groups is 2. The van der Waals surface area contributed by atoms with Gasteiger partial charge in [0.2, 0.25) is 5.91 Å². The minimum Gasteiger partial charge on any atom is -0.409 e. The first-order chi connectivity index (χ1) is 8.12. The molecule has 0 aliphatic rings. The molecule has 7 nitrogen and oxygen atoms in total. The first-order valence-corrected chi connectivity index (χ1v) is 5.60. The number of amidine groups is 1. The van der Waals surface area contributed by atoms with Gasteiger partial charge >= 0.3 is 0 Å². The molecule has 7 heteroatoms. The number of carbonyl (C=O) groups excluding carboxylic acids is 1. The van der Waals surface area contributed by atoms with Crippen molar-refractivity contribution < 1.29 is 20.2 Å². The zero-order valence-corrected chi connectivity index (χ0v) is 10.0. The van der Waals surface area contributed by atoms with Crippen LogP contribution in [-0.4, -0.2) is 58.4 Å². The van der Waals surface area contributed by atoms with E-state index in [0.717, 1.165) is 0 Å². The van der Waals surface area contributed by atoms with Crippen molar-refractivity contribution in [3.8, 4) is 0 Å². The second-order valence-electron chi connectivity index (χ2n) is 3.64. The smallest absolute Gasteiger partial charge is 0.233 e. The number of nitrogens with zero attached hydrogens (tertiary/aromatic N) is 2. The zero-order valence-electron chi connectivity index (χ0n) is 10.0. The number of oxime groups is 1. The van der Waals surface area contributed by atoms with Crippen LogP contribution in [0.25, 0.3) is 0 Å². The van der Waals surface area contributed by atoms with Gasteiger partial charge in [0, 0.05) is 13.1 Å². The Bertz CT molecular complexity index is 252. The van der Waals surface area contributed by atoms with Crippen molar-refractivity contribution in [2.75, 3.05) is 26.3 Å². The highest BCUT2D eigenvalue weighted by Gasteiger charge is 2.26. The largest absolute Gasteiger partial charge is 0.409 e. The van der Waals surface area contributed by atoms with Crippen molar-refractivity contribution in [2.24, 2.45) is 16.8 Å². The zero-order chi connectivity index (χ0) is 13.3. The third-order valence-electron chi connectivity index (χ3n) is 2.40. The van der Waals surface area contributed by atoms with Crippen LogP contribution in [0.3, 0.4) is 0 Å². The van der Waals surface area contributed by atoms with E-state index in [2.05, 4.69) is 5.16 Å². The fourth-order valence-electron chi connectivity index (χ4n) is 1.55. The maximum Gasteiger partial charge on any atom is 0.233 e. The first kappa shape index (κ1) is 15.7. The van der Waals surface area contributed by atoms with Crippen molar-refractivity contribution in [3.05, 3.63) is 0 Å². The molecule has 0 aliphatic carbocycles. The van der Waals surface area contributed by atoms with Gasteiger partial charge in [0.1, 0.15) is 0 Å². The Labute approximate surface area is 101 Å². The Morgan fingerprint density at radius 2 is 1.88 bits per heavy atom. The highest BCUT2D eigenvalue weighted by Crippen LogP contribution is 2.11. The van der Waals surface area contributed by atoms with E-state index in [9.17, 15) is 4.79 Å². The monoisotopic (exact) mass is 247 g/mol. The van der Waals surface area contributed by atoms with E-state index >= 15 is 0 Å². The van der Waals surface area contributed by atoms with Crippen LogP contribution in [0.5, 0.6) is 0 Å². The van der Waals surface area contributed by atoms with E-state index in [-0.39, 0.29) is 38.0 Å². The summed E-state index contributed by atoms with van der Waals surface area (Å²) in [4.78, 5) is 13.3. The molecule has 5 N–H and O–H groups in total. The van der Waals surface area contributed by atoms with E-state index < -0.39 is 5.92 Å². The van der Waals surface area contributed by atoms with Crippen LogP contribution in [-0.2, 0) is 4.79 Å². The summed E-state index contributed by atoms with van der Waals surface area (Å²) < 4.78 is 0. The normalized spacial score (nSPS) is 13.5. The van der Waals surface area contributed by atoms with Gasteiger partial charge < -0.3 is 26.1 Å². The Morgan fingerprint density at radius 3 is 2.24 bits per heavy atom. The van der Waals surface area contributed by atoms with Gasteiger partial charge in [-0.15, -0.1) is 0 Å². The Balaban J connectivity index is 4.76. The Kier molecular flexibility index (Phi) is 8.08. The lowest BCUT2D eigenvalue weighted by molar-refractivity contribution is -0.134. The first-order valence-electron chi connectivity index (χ1n) is 5.60. The van der Waals surface area contributed by atoms with Crippen LogP contribution in [0.15, 0.2) is 5.16 Å². The molecular weight excluding hydrogens is 226 g/mol. The summed E-state index contributed by atoms with van der Waals surface area (Å²) in [5.41, 5.74) is 5.46. The molecule has 0 bridgehead atoms. The van der Waals surface area contributed by atoms with Gasteiger partial charge in [0.15, 0.2) is 5.84 Å². The summed E-state index contributed by atoms with van der Waals surface area (Å²) >= 11 is 0. The van der Waals surface area contributed by atoms with Gasteiger partial charge in [-0.3, -0.25) is 4.79 Å². The summed E-state index contributed by atoms with van der Waals surface area (Å²) in [6.07, 6.45) is 1.17. The van der Waals surface area contributed by atoms with Crippen LogP contribution in [0.1, 0.15) is 19.8 Å². The van der Waals surface area contributed by atoms with Crippen LogP contribution in [0.4, 0.5) is 0 Å². The Hall–Kier alpha value is -1.34. The molecule has 0 rings (SSSR count). The van der Waals surface area contributed by atoms with Gasteiger partial charge in [-0.05, 0) is 6.42 Å². The predicted molar refractivity (Wildman–Crippen MR) is 62.6 cm³/mol. The molecule has 0 aromatic heterocycles. The molecule has 1 unspecified atom stereocenters. The topological polar surface area (TPSA) is 119 Å². The summed E-state index contributed by atoms with van der Waals surface area (Å²) in [5, 5.41) is 29.1. The summed E-state index contributed by atoms with van der Waals surface area (Å²) in [6.45, 7) is 1.74. The number of nitrogens with two attached hydrogens (primary N) is 1. The van der Waals surface area contributed by atoms with Gasteiger partial charge in [0.25, 0.3) is 0 Å². The lowest BCUT2D eigenvalue weighted by Gasteiger charge is -2.25. The molecule has 0 radical (unpaired) electrons. The van der Waals surface area contributed by atoms with Crippen molar-refractivity contribution in [3.63, 3.8) is 0 Å². The van der Waals surface area contributed by atoms with E-state index in [4.69, 9.17) is 21.2 Å². The van der Waals surface area contributed by atoms with Crippen molar-refractivity contribution in [1.29, 1.82) is 0 Å². The lowest BCUT2D eigenvalue weighted by atomic mass is 10.0. The fraction of sp³-hybridized carbons (Fsp3) is 0.800. The molecule has 0 saturated heterocycles. The molecule has 0 spiro atoms.